The minimum atomic E-state index is -0.123. The van der Waals surface area contributed by atoms with Crippen LogP contribution < -0.4 is 5.32 Å². The number of furan rings is 1. The second kappa shape index (κ2) is 6.40. The van der Waals surface area contributed by atoms with Crippen LogP contribution in [0.5, 0.6) is 0 Å². The molecule has 1 fully saturated rings. The zero-order valence-electron chi connectivity index (χ0n) is 15.4. The van der Waals surface area contributed by atoms with Crippen LogP contribution >= 0.6 is 0 Å². The topological polar surface area (TPSA) is 87.1 Å². The number of hydrogen-bond donors (Lipinski definition) is 2. The third-order valence-electron chi connectivity index (χ3n) is 5.65. The predicted octanol–water partition coefficient (Wildman–Crippen LogP) is 4.11. The SMILES string of the molecule is Cc1nc(C2CCCN2C(=O)Nc2cccc3c4c(oc23)CCCC4)n[nH]1. The third kappa shape index (κ3) is 2.78. The van der Waals surface area contributed by atoms with Crippen LogP contribution in [0.3, 0.4) is 0 Å². The molecule has 2 aromatic heterocycles. The lowest BCUT2D eigenvalue weighted by atomic mass is 9.96. The maximum atomic E-state index is 13.0. The normalized spacial score (nSPS) is 19.4. The number of benzene rings is 1. The van der Waals surface area contributed by atoms with E-state index in [2.05, 4.69) is 26.6 Å². The van der Waals surface area contributed by atoms with E-state index in [4.69, 9.17) is 4.42 Å². The maximum absolute atomic E-state index is 13.0. The molecule has 2 N–H and O–H groups in total. The molecule has 1 aromatic carbocycles. The van der Waals surface area contributed by atoms with E-state index in [0.29, 0.717) is 12.4 Å². The van der Waals surface area contributed by atoms with Crippen molar-refractivity contribution in [3.05, 3.63) is 41.2 Å². The summed E-state index contributed by atoms with van der Waals surface area (Å²) in [5.74, 6) is 2.53. The van der Waals surface area contributed by atoms with E-state index in [0.717, 1.165) is 53.9 Å². The van der Waals surface area contributed by atoms with Crippen molar-refractivity contribution >= 4 is 22.7 Å². The molecule has 7 heteroatoms. The molecule has 1 unspecified atom stereocenters. The molecule has 0 radical (unpaired) electrons. The number of nitrogens with one attached hydrogen (secondary N) is 2. The van der Waals surface area contributed by atoms with Gasteiger partial charge in [-0.15, -0.1) is 0 Å². The van der Waals surface area contributed by atoms with Crippen molar-refractivity contribution in [2.75, 3.05) is 11.9 Å². The molecule has 1 aliphatic carbocycles. The summed E-state index contributed by atoms with van der Waals surface area (Å²) in [6.07, 6.45) is 6.23. The first-order chi connectivity index (χ1) is 13.2. The molecule has 0 bridgehead atoms. The fourth-order valence-corrected chi connectivity index (χ4v) is 4.36. The number of likely N-dealkylation sites (tertiary alicyclic amines) is 1. The highest BCUT2D eigenvalue weighted by Crippen LogP contribution is 2.36. The Bertz CT molecular complexity index is 1010. The average Bonchev–Trinajstić information content (AvgIpc) is 3.39. The van der Waals surface area contributed by atoms with Crippen molar-refractivity contribution in [2.24, 2.45) is 0 Å². The van der Waals surface area contributed by atoms with Crippen molar-refractivity contribution in [1.82, 2.24) is 20.1 Å². The van der Waals surface area contributed by atoms with Crippen LogP contribution in [0.1, 0.15) is 54.7 Å². The molecule has 1 aliphatic heterocycles. The Morgan fingerprint density at radius 1 is 1.30 bits per heavy atom. The van der Waals surface area contributed by atoms with Crippen LogP contribution in [0.2, 0.25) is 0 Å². The number of H-pyrrole nitrogens is 1. The van der Waals surface area contributed by atoms with Gasteiger partial charge >= 0.3 is 6.03 Å². The number of para-hydroxylation sites is 1. The zero-order chi connectivity index (χ0) is 18.4. The molecular weight excluding hydrogens is 342 g/mol. The van der Waals surface area contributed by atoms with E-state index < -0.39 is 0 Å². The number of rotatable bonds is 2. The van der Waals surface area contributed by atoms with E-state index in [1.807, 2.05) is 24.0 Å². The lowest BCUT2D eigenvalue weighted by molar-refractivity contribution is 0.205. The molecule has 7 nitrogen and oxygen atoms in total. The van der Waals surface area contributed by atoms with Crippen LogP contribution in [0, 0.1) is 6.92 Å². The number of nitrogens with zero attached hydrogens (tertiary/aromatic N) is 3. The minimum Gasteiger partial charge on any atom is -0.459 e. The number of aryl methyl sites for hydroxylation is 3. The minimum absolute atomic E-state index is 0.0843. The fraction of sp³-hybridized carbons (Fsp3) is 0.450. The van der Waals surface area contributed by atoms with Gasteiger partial charge in [0.1, 0.15) is 11.6 Å². The van der Waals surface area contributed by atoms with Gasteiger partial charge in [-0.3, -0.25) is 5.10 Å². The van der Waals surface area contributed by atoms with Gasteiger partial charge in [0.2, 0.25) is 0 Å². The Kier molecular flexibility index (Phi) is 3.88. The Hall–Kier alpha value is -2.83. The van der Waals surface area contributed by atoms with E-state index in [-0.39, 0.29) is 12.1 Å². The van der Waals surface area contributed by atoms with E-state index in [9.17, 15) is 4.79 Å². The summed E-state index contributed by atoms with van der Waals surface area (Å²) >= 11 is 0. The molecule has 3 aromatic rings. The molecule has 5 rings (SSSR count). The number of fused-ring (bicyclic) bond motifs is 3. The highest BCUT2D eigenvalue weighted by Gasteiger charge is 2.33. The van der Waals surface area contributed by atoms with Crippen LogP contribution in [-0.4, -0.2) is 32.7 Å². The molecule has 3 heterocycles. The van der Waals surface area contributed by atoms with Crippen molar-refractivity contribution in [3.63, 3.8) is 0 Å². The Morgan fingerprint density at radius 3 is 3.04 bits per heavy atom. The van der Waals surface area contributed by atoms with Crippen molar-refractivity contribution in [1.29, 1.82) is 0 Å². The first-order valence-corrected chi connectivity index (χ1v) is 9.70. The maximum Gasteiger partial charge on any atom is 0.322 e. The molecule has 140 valence electrons. The highest BCUT2D eigenvalue weighted by atomic mass is 16.3. The lowest BCUT2D eigenvalue weighted by Crippen LogP contribution is -2.34. The van der Waals surface area contributed by atoms with Gasteiger partial charge < -0.3 is 14.6 Å². The summed E-state index contributed by atoms with van der Waals surface area (Å²) in [7, 11) is 0. The van der Waals surface area contributed by atoms with Gasteiger partial charge in [0.25, 0.3) is 0 Å². The van der Waals surface area contributed by atoms with Gasteiger partial charge in [0, 0.05) is 23.9 Å². The van der Waals surface area contributed by atoms with Crippen LogP contribution in [0.15, 0.2) is 22.6 Å². The summed E-state index contributed by atoms with van der Waals surface area (Å²) in [6.45, 7) is 2.57. The second-order valence-electron chi connectivity index (χ2n) is 7.45. The summed E-state index contributed by atoms with van der Waals surface area (Å²) in [5.41, 5.74) is 2.84. The van der Waals surface area contributed by atoms with Crippen LogP contribution in [-0.2, 0) is 12.8 Å². The first kappa shape index (κ1) is 16.4. The molecule has 1 saturated heterocycles. The monoisotopic (exact) mass is 365 g/mol. The Balaban J connectivity index is 1.43. The van der Waals surface area contributed by atoms with Crippen molar-refractivity contribution in [3.8, 4) is 0 Å². The number of carbonyl (C=O) groups excluding carboxylic acids is 1. The Morgan fingerprint density at radius 2 is 2.19 bits per heavy atom. The van der Waals surface area contributed by atoms with E-state index in [1.54, 1.807) is 0 Å². The molecule has 1 atom stereocenters. The van der Waals surface area contributed by atoms with Crippen LogP contribution in [0.25, 0.3) is 11.0 Å². The number of carbonyl (C=O) groups is 1. The molecule has 27 heavy (non-hydrogen) atoms. The first-order valence-electron chi connectivity index (χ1n) is 9.70. The number of aromatic amines is 1. The fourth-order valence-electron chi connectivity index (χ4n) is 4.36. The molecule has 0 spiro atoms. The summed E-state index contributed by atoms with van der Waals surface area (Å²) in [6, 6.07) is 5.79. The molecule has 2 amide bonds. The number of amides is 2. The second-order valence-corrected chi connectivity index (χ2v) is 7.45. The summed E-state index contributed by atoms with van der Waals surface area (Å²) in [4.78, 5) is 19.2. The average molecular weight is 365 g/mol. The van der Waals surface area contributed by atoms with E-state index >= 15 is 0 Å². The third-order valence-corrected chi connectivity index (χ3v) is 5.65. The lowest BCUT2D eigenvalue weighted by Gasteiger charge is -2.22. The van der Waals surface area contributed by atoms with Gasteiger partial charge in [0.15, 0.2) is 11.4 Å². The summed E-state index contributed by atoms with van der Waals surface area (Å²) < 4.78 is 6.14. The predicted molar refractivity (Wildman–Crippen MR) is 102 cm³/mol. The largest absolute Gasteiger partial charge is 0.459 e. The van der Waals surface area contributed by atoms with Crippen molar-refractivity contribution < 1.29 is 9.21 Å². The zero-order valence-corrected chi connectivity index (χ0v) is 15.4. The number of anilines is 1. The number of hydrogen-bond acceptors (Lipinski definition) is 4. The molecule has 0 saturated carbocycles. The van der Waals surface area contributed by atoms with Crippen molar-refractivity contribution in [2.45, 2.75) is 51.5 Å². The molecular formula is C20H23N5O2. The van der Waals surface area contributed by atoms with Crippen LogP contribution in [0.4, 0.5) is 10.5 Å². The van der Waals surface area contributed by atoms with Gasteiger partial charge in [-0.2, -0.15) is 5.10 Å². The standard InChI is InChI=1S/C20H23N5O2/c1-12-21-19(24-23-12)16-9-5-11-25(16)20(26)22-15-8-4-7-14-13-6-2-3-10-17(13)27-18(14)15/h4,7-8,16H,2-3,5-6,9-11H2,1H3,(H,22,26)(H,21,23,24). The Labute approximate surface area is 157 Å². The number of urea groups is 1. The van der Waals surface area contributed by atoms with Gasteiger partial charge in [-0.05, 0) is 45.1 Å². The van der Waals surface area contributed by atoms with Gasteiger partial charge in [-0.25, -0.2) is 9.78 Å². The highest BCUT2D eigenvalue weighted by molar-refractivity contribution is 6.00. The number of aromatic nitrogens is 3. The smallest absolute Gasteiger partial charge is 0.322 e. The van der Waals surface area contributed by atoms with Gasteiger partial charge in [0.05, 0.1) is 11.7 Å². The van der Waals surface area contributed by atoms with E-state index in [1.165, 1.54) is 18.4 Å². The molecule has 2 aliphatic rings. The van der Waals surface area contributed by atoms with Gasteiger partial charge in [-0.1, -0.05) is 12.1 Å². The summed E-state index contributed by atoms with van der Waals surface area (Å²) in [5, 5.41) is 11.3. The quantitative estimate of drug-likeness (QED) is 0.715.